The van der Waals surface area contributed by atoms with E-state index in [1.807, 2.05) is 49.4 Å². The topological polar surface area (TPSA) is 41.5 Å². The lowest BCUT2D eigenvalue weighted by molar-refractivity contribution is 0.117. The Morgan fingerprint density at radius 3 is 2.81 bits per heavy atom. The fourth-order valence-electron chi connectivity index (χ4n) is 1.83. The Balaban J connectivity index is 1.82. The summed E-state index contributed by atoms with van der Waals surface area (Å²) in [5.74, 6) is 0.724. The molecule has 0 aliphatic carbocycles. The first kappa shape index (κ1) is 16.1. The number of rotatable bonds is 6. The summed E-state index contributed by atoms with van der Waals surface area (Å²) in [7, 11) is 0. The number of halogens is 2. The van der Waals surface area contributed by atoms with E-state index in [4.69, 9.17) is 16.3 Å². The number of benzene rings is 2. The van der Waals surface area contributed by atoms with Crippen molar-refractivity contribution >= 4 is 33.2 Å². The maximum atomic E-state index is 9.97. The van der Waals surface area contributed by atoms with Gasteiger partial charge in [0.15, 0.2) is 0 Å². The molecule has 0 aliphatic heterocycles. The van der Waals surface area contributed by atoms with Crippen molar-refractivity contribution in [2.24, 2.45) is 0 Å². The summed E-state index contributed by atoms with van der Waals surface area (Å²) in [6.45, 7) is 2.56. The van der Waals surface area contributed by atoms with Crippen LogP contribution in [0.1, 0.15) is 5.56 Å². The van der Waals surface area contributed by atoms with E-state index in [-0.39, 0.29) is 6.61 Å². The van der Waals surface area contributed by atoms with Crippen LogP contribution in [0.25, 0.3) is 0 Å². The van der Waals surface area contributed by atoms with Crippen LogP contribution in [0.5, 0.6) is 5.75 Å². The number of aliphatic hydroxyl groups excluding tert-OH is 1. The third-order valence-corrected chi connectivity index (χ3v) is 3.94. The molecule has 21 heavy (non-hydrogen) atoms. The summed E-state index contributed by atoms with van der Waals surface area (Å²) in [5, 5.41) is 13.9. The third kappa shape index (κ3) is 4.92. The Labute approximate surface area is 138 Å². The number of ether oxygens (including phenoxy) is 1. The van der Waals surface area contributed by atoms with Gasteiger partial charge in [0.05, 0.1) is 0 Å². The molecule has 1 atom stereocenters. The molecule has 2 N–H and O–H groups in total. The van der Waals surface area contributed by atoms with Gasteiger partial charge in [-0.05, 0) is 42.8 Å². The van der Waals surface area contributed by atoms with Gasteiger partial charge >= 0.3 is 0 Å². The van der Waals surface area contributed by atoms with Crippen molar-refractivity contribution in [2.45, 2.75) is 13.0 Å². The Bertz CT molecular complexity index is 607. The Hall–Kier alpha value is -1.23. The average Bonchev–Trinajstić information content (AvgIpc) is 2.47. The summed E-state index contributed by atoms with van der Waals surface area (Å²) < 4.78 is 6.49. The molecule has 0 aromatic heterocycles. The molecule has 112 valence electrons. The highest BCUT2D eigenvalue weighted by Gasteiger charge is 2.07. The van der Waals surface area contributed by atoms with Crippen LogP contribution in [-0.4, -0.2) is 24.4 Å². The largest absolute Gasteiger partial charge is 0.491 e. The van der Waals surface area contributed by atoms with E-state index in [1.54, 1.807) is 0 Å². The van der Waals surface area contributed by atoms with E-state index < -0.39 is 6.10 Å². The first-order chi connectivity index (χ1) is 10.1. The van der Waals surface area contributed by atoms with E-state index >= 15 is 0 Å². The van der Waals surface area contributed by atoms with Gasteiger partial charge in [0.25, 0.3) is 0 Å². The van der Waals surface area contributed by atoms with E-state index in [2.05, 4.69) is 21.2 Å². The molecular formula is C16H17BrClNO2. The molecule has 0 aliphatic rings. The highest BCUT2D eigenvalue weighted by molar-refractivity contribution is 9.10. The molecule has 2 rings (SSSR count). The first-order valence-electron chi connectivity index (χ1n) is 6.61. The quantitative estimate of drug-likeness (QED) is 0.798. The predicted molar refractivity (Wildman–Crippen MR) is 90.3 cm³/mol. The molecule has 0 saturated carbocycles. The van der Waals surface area contributed by atoms with Crippen LogP contribution in [0.3, 0.4) is 0 Å². The molecule has 1 unspecified atom stereocenters. The summed E-state index contributed by atoms with van der Waals surface area (Å²) >= 11 is 9.43. The molecule has 0 amide bonds. The van der Waals surface area contributed by atoms with Crippen molar-refractivity contribution in [1.82, 2.24) is 0 Å². The molecule has 0 saturated heterocycles. The SMILES string of the molecule is Cc1c(Cl)cccc1NCC(O)COc1cccc(Br)c1. The molecule has 0 fully saturated rings. The van der Waals surface area contributed by atoms with E-state index in [0.717, 1.165) is 21.5 Å². The normalized spacial score (nSPS) is 12.0. The zero-order valence-corrected chi connectivity index (χ0v) is 14.0. The van der Waals surface area contributed by atoms with Crippen LogP contribution < -0.4 is 10.1 Å². The maximum Gasteiger partial charge on any atom is 0.120 e. The van der Waals surface area contributed by atoms with Crippen LogP contribution in [0, 0.1) is 6.92 Å². The lowest BCUT2D eigenvalue weighted by Gasteiger charge is -2.15. The van der Waals surface area contributed by atoms with Gasteiger partial charge in [-0.3, -0.25) is 0 Å². The number of hydrogen-bond donors (Lipinski definition) is 2. The molecule has 2 aromatic carbocycles. The Morgan fingerprint density at radius 1 is 1.29 bits per heavy atom. The van der Waals surface area contributed by atoms with Gasteiger partial charge in [-0.25, -0.2) is 0 Å². The smallest absolute Gasteiger partial charge is 0.120 e. The van der Waals surface area contributed by atoms with Gasteiger partial charge < -0.3 is 15.2 Å². The van der Waals surface area contributed by atoms with Gasteiger partial charge in [0, 0.05) is 21.7 Å². The Morgan fingerprint density at radius 2 is 2.05 bits per heavy atom. The van der Waals surface area contributed by atoms with Crippen LogP contribution in [0.2, 0.25) is 5.02 Å². The number of hydrogen-bond acceptors (Lipinski definition) is 3. The molecule has 2 aromatic rings. The second-order valence-corrected chi connectivity index (χ2v) is 6.04. The van der Waals surface area contributed by atoms with Crippen molar-refractivity contribution in [2.75, 3.05) is 18.5 Å². The van der Waals surface area contributed by atoms with Crippen molar-refractivity contribution in [1.29, 1.82) is 0 Å². The monoisotopic (exact) mass is 369 g/mol. The van der Waals surface area contributed by atoms with Crippen molar-refractivity contribution in [3.05, 3.63) is 57.5 Å². The maximum absolute atomic E-state index is 9.97. The van der Waals surface area contributed by atoms with Gasteiger partial charge in [-0.1, -0.05) is 39.7 Å². The minimum atomic E-state index is -0.609. The molecular weight excluding hydrogens is 354 g/mol. The minimum Gasteiger partial charge on any atom is -0.491 e. The van der Waals surface area contributed by atoms with E-state index in [1.165, 1.54) is 0 Å². The summed E-state index contributed by atoms with van der Waals surface area (Å²) in [6.07, 6.45) is -0.609. The van der Waals surface area contributed by atoms with Crippen molar-refractivity contribution in [3.8, 4) is 5.75 Å². The van der Waals surface area contributed by atoms with Gasteiger partial charge in [0.2, 0.25) is 0 Å². The highest BCUT2D eigenvalue weighted by atomic mass is 79.9. The predicted octanol–water partition coefficient (Wildman–Crippen LogP) is 4.26. The fourth-order valence-corrected chi connectivity index (χ4v) is 2.39. The molecule has 5 heteroatoms. The van der Waals surface area contributed by atoms with Crippen LogP contribution in [0.15, 0.2) is 46.9 Å². The number of nitrogens with one attached hydrogen (secondary N) is 1. The van der Waals surface area contributed by atoms with Crippen LogP contribution in [0.4, 0.5) is 5.69 Å². The van der Waals surface area contributed by atoms with Crippen molar-refractivity contribution in [3.63, 3.8) is 0 Å². The molecule has 0 bridgehead atoms. The lowest BCUT2D eigenvalue weighted by Crippen LogP contribution is -2.26. The zero-order chi connectivity index (χ0) is 15.2. The number of aliphatic hydroxyl groups is 1. The molecule has 0 radical (unpaired) electrons. The summed E-state index contributed by atoms with van der Waals surface area (Å²) in [6, 6.07) is 13.2. The molecule has 0 heterocycles. The van der Waals surface area contributed by atoms with Gasteiger partial charge in [-0.2, -0.15) is 0 Å². The van der Waals surface area contributed by atoms with Crippen LogP contribution in [-0.2, 0) is 0 Å². The summed E-state index contributed by atoms with van der Waals surface area (Å²) in [5.41, 5.74) is 1.89. The standard InChI is InChI=1S/C16H17BrClNO2/c1-11-15(18)6-3-7-16(11)19-9-13(20)10-21-14-5-2-4-12(17)8-14/h2-8,13,19-20H,9-10H2,1H3. The highest BCUT2D eigenvalue weighted by Crippen LogP contribution is 2.23. The molecule has 3 nitrogen and oxygen atoms in total. The lowest BCUT2D eigenvalue weighted by atomic mass is 10.2. The zero-order valence-electron chi connectivity index (χ0n) is 11.6. The van der Waals surface area contributed by atoms with Crippen molar-refractivity contribution < 1.29 is 9.84 Å². The van der Waals surface area contributed by atoms with Crippen LogP contribution >= 0.6 is 27.5 Å². The van der Waals surface area contributed by atoms with E-state index in [0.29, 0.717) is 11.6 Å². The first-order valence-corrected chi connectivity index (χ1v) is 7.79. The second-order valence-electron chi connectivity index (χ2n) is 4.72. The Kier molecular flexibility index (Phi) is 5.91. The second kappa shape index (κ2) is 7.69. The summed E-state index contributed by atoms with van der Waals surface area (Å²) in [4.78, 5) is 0. The average molecular weight is 371 g/mol. The number of anilines is 1. The van der Waals surface area contributed by atoms with E-state index in [9.17, 15) is 5.11 Å². The van der Waals surface area contributed by atoms with Gasteiger partial charge in [-0.15, -0.1) is 0 Å². The minimum absolute atomic E-state index is 0.225. The third-order valence-electron chi connectivity index (χ3n) is 3.03. The molecule has 0 spiro atoms. The van der Waals surface area contributed by atoms with Gasteiger partial charge in [0.1, 0.15) is 18.5 Å². The fraction of sp³-hybridized carbons (Fsp3) is 0.250.